The molecule has 2 N–H and O–H groups in total. The Hall–Kier alpha value is -3.36. The van der Waals surface area contributed by atoms with E-state index >= 15 is 0 Å². The van der Waals surface area contributed by atoms with Crippen LogP contribution in [0.5, 0.6) is 5.75 Å². The highest BCUT2D eigenvalue weighted by Crippen LogP contribution is 2.19. The Morgan fingerprint density at radius 3 is 2.38 bits per heavy atom. The van der Waals surface area contributed by atoms with E-state index in [1.165, 1.54) is 43.8 Å². The number of amides is 1. The van der Waals surface area contributed by atoms with Crippen molar-refractivity contribution < 1.29 is 27.5 Å². The van der Waals surface area contributed by atoms with E-state index in [2.05, 4.69) is 15.8 Å². The molecule has 0 spiro atoms. The lowest BCUT2D eigenvalue weighted by Crippen LogP contribution is -2.37. The van der Waals surface area contributed by atoms with Gasteiger partial charge in [0.05, 0.1) is 12.8 Å². The summed E-state index contributed by atoms with van der Waals surface area (Å²) in [6.07, 6.45) is -1.99. The predicted molar refractivity (Wildman–Crippen MR) is 86.9 cm³/mol. The first-order chi connectivity index (χ1) is 12.3. The second kappa shape index (κ2) is 8.15. The maximum Gasteiger partial charge on any atom is 0.454 e. The number of aromatic nitrogens is 1. The minimum absolute atomic E-state index is 0.216. The molecular formula is C17H14F3N3O3. The Morgan fingerprint density at radius 2 is 1.77 bits per heavy atom. The van der Waals surface area contributed by atoms with Crippen molar-refractivity contribution in [2.24, 2.45) is 0 Å². The monoisotopic (exact) mass is 365 g/mol. The number of halogens is 3. The summed E-state index contributed by atoms with van der Waals surface area (Å²) in [6.45, 7) is 0. The Bertz CT molecular complexity index is 821. The lowest BCUT2D eigenvalue weighted by atomic mass is 10.1. The molecule has 0 aliphatic rings. The topological polar surface area (TPSA) is 80.3 Å². The van der Waals surface area contributed by atoms with E-state index in [1.807, 2.05) is 0 Å². The van der Waals surface area contributed by atoms with Crippen molar-refractivity contribution in [3.05, 3.63) is 66.0 Å². The molecule has 6 nitrogen and oxygen atoms in total. The normalized spacial score (nSPS) is 11.6. The van der Waals surface area contributed by atoms with Gasteiger partial charge in [-0.15, -0.1) is 0 Å². The van der Waals surface area contributed by atoms with Gasteiger partial charge in [-0.2, -0.15) is 13.2 Å². The van der Waals surface area contributed by atoms with Crippen LogP contribution >= 0.6 is 0 Å². The van der Waals surface area contributed by atoms with E-state index in [0.29, 0.717) is 11.8 Å². The lowest BCUT2D eigenvalue weighted by molar-refractivity contribution is -0.165. The molecule has 0 bridgehead atoms. The van der Waals surface area contributed by atoms with E-state index in [4.69, 9.17) is 4.74 Å². The van der Waals surface area contributed by atoms with Crippen LogP contribution in [0.25, 0.3) is 5.70 Å². The number of rotatable bonds is 6. The van der Waals surface area contributed by atoms with Crippen LogP contribution in [0.2, 0.25) is 0 Å². The van der Waals surface area contributed by atoms with Gasteiger partial charge in [-0.3, -0.25) is 25.4 Å². The molecule has 1 heterocycles. The minimum Gasteiger partial charge on any atom is -0.497 e. The summed E-state index contributed by atoms with van der Waals surface area (Å²) >= 11 is 0. The molecule has 26 heavy (non-hydrogen) atoms. The number of nitrogens with one attached hydrogen (secondary N) is 2. The number of alkyl halides is 3. The van der Waals surface area contributed by atoms with E-state index in [1.54, 1.807) is 12.1 Å². The molecule has 9 heteroatoms. The largest absolute Gasteiger partial charge is 0.497 e. The lowest BCUT2D eigenvalue weighted by Gasteiger charge is -2.13. The van der Waals surface area contributed by atoms with Gasteiger partial charge >= 0.3 is 6.18 Å². The number of benzene rings is 1. The molecule has 0 aliphatic heterocycles. The molecule has 0 radical (unpaired) electrons. The van der Waals surface area contributed by atoms with E-state index < -0.39 is 17.9 Å². The zero-order valence-corrected chi connectivity index (χ0v) is 13.5. The van der Waals surface area contributed by atoms with Crippen molar-refractivity contribution in [2.75, 3.05) is 7.11 Å². The number of hydrogen-bond acceptors (Lipinski definition) is 5. The molecule has 136 valence electrons. The number of pyridine rings is 1. The Labute approximate surface area is 146 Å². The summed E-state index contributed by atoms with van der Waals surface area (Å²) in [7, 11) is 1.43. The predicted octanol–water partition coefficient (Wildman–Crippen LogP) is 2.50. The molecule has 1 amide bonds. The fourth-order valence-electron chi connectivity index (χ4n) is 1.90. The first-order valence-corrected chi connectivity index (χ1v) is 7.25. The van der Waals surface area contributed by atoms with Gasteiger partial charge in [0.2, 0.25) is 0 Å². The van der Waals surface area contributed by atoms with Gasteiger partial charge in [-0.25, -0.2) is 0 Å². The number of ketones is 1. The molecule has 0 unspecified atom stereocenters. The van der Waals surface area contributed by atoms with Crippen LogP contribution in [-0.4, -0.2) is 30.0 Å². The molecule has 0 saturated carbocycles. The first-order valence-electron chi connectivity index (χ1n) is 7.25. The Kier molecular flexibility index (Phi) is 5.94. The van der Waals surface area contributed by atoms with E-state index in [9.17, 15) is 22.8 Å². The third kappa shape index (κ3) is 5.07. The molecule has 0 saturated heterocycles. The van der Waals surface area contributed by atoms with Crippen molar-refractivity contribution in [1.29, 1.82) is 0 Å². The van der Waals surface area contributed by atoms with Crippen molar-refractivity contribution in [3.8, 4) is 5.75 Å². The fraction of sp³-hybridized carbons (Fsp3) is 0.118. The second-order valence-corrected chi connectivity index (χ2v) is 4.97. The van der Waals surface area contributed by atoms with Gasteiger partial charge in [0.25, 0.3) is 11.7 Å². The first kappa shape index (κ1) is 19.0. The zero-order valence-electron chi connectivity index (χ0n) is 13.5. The summed E-state index contributed by atoms with van der Waals surface area (Å²) in [5, 5.41) is 0. The van der Waals surface area contributed by atoms with Gasteiger partial charge in [-0.05, 0) is 30.3 Å². The average Bonchev–Trinajstić information content (AvgIpc) is 2.64. The van der Waals surface area contributed by atoms with Crippen LogP contribution in [0.3, 0.4) is 0 Å². The van der Waals surface area contributed by atoms with Crippen LogP contribution in [0, 0.1) is 0 Å². The number of nitrogens with zero attached hydrogens (tertiary/aromatic N) is 1. The number of hydrogen-bond donors (Lipinski definition) is 2. The van der Waals surface area contributed by atoms with E-state index in [-0.39, 0.29) is 16.8 Å². The molecule has 0 fully saturated rings. The van der Waals surface area contributed by atoms with Crippen LogP contribution in [0.4, 0.5) is 13.2 Å². The minimum atomic E-state index is -5.03. The smallest absolute Gasteiger partial charge is 0.454 e. The highest BCUT2D eigenvalue weighted by molar-refractivity contribution is 6.00. The summed E-state index contributed by atoms with van der Waals surface area (Å²) < 4.78 is 42.6. The SMILES string of the molecule is COc1cccc(C(=O)NN/C(=C/C(=O)C(F)(F)F)c2ccncc2)c1. The van der Waals surface area contributed by atoms with Crippen LogP contribution < -0.4 is 15.6 Å². The molecule has 2 rings (SSSR count). The van der Waals surface area contributed by atoms with Crippen molar-refractivity contribution in [1.82, 2.24) is 15.8 Å². The molecule has 1 aromatic heterocycles. The van der Waals surface area contributed by atoms with Gasteiger partial charge in [0, 0.05) is 29.6 Å². The summed E-state index contributed by atoms with van der Waals surface area (Å²) in [6, 6.07) is 8.94. The third-order valence-electron chi connectivity index (χ3n) is 3.19. The Morgan fingerprint density at radius 1 is 1.08 bits per heavy atom. The van der Waals surface area contributed by atoms with Gasteiger partial charge in [-0.1, -0.05) is 6.07 Å². The van der Waals surface area contributed by atoms with Gasteiger partial charge < -0.3 is 4.74 Å². The molecular weight excluding hydrogens is 351 g/mol. The zero-order chi connectivity index (χ0) is 19.2. The fourth-order valence-corrected chi connectivity index (χ4v) is 1.90. The average molecular weight is 365 g/mol. The quantitative estimate of drug-likeness (QED) is 0.607. The highest BCUT2D eigenvalue weighted by atomic mass is 19.4. The van der Waals surface area contributed by atoms with Gasteiger partial charge in [0.15, 0.2) is 0 Å². The number of methoxy groups -OCH3 is 1. The van der Waals surface area contributed by atoms with Crippen molar-refractivity contribution in [2.45, 2.75) is 6.18 Å². The number of hydrazine groups is 1. The number of allylic oxidation sites excluding steroid dienone is 1. The molecule has 0 atom stereocenters. The summed E-state index contributed by atoms with van der Waals surface area (Å²) in [4.78, 5) is 27.2. The van der Waals surface area contributed by atoms with Crippen LogP contribution in [-0.2, 0) is 4.79 Å². The van der Waals surface area contributed by atoms with Crippen molar-refractivity contribution in [3.63, 3.8) is 0 Å². The van der Waals surface area contributed by atoms with Crippen LogP contribution in [0.1, 0.15) is 15.9 Å². The molecule has 2 aromatic rings. The second-order valence-electron chi connectivity index (χ2n) is 4.97. The molecule has 1 aromatic carbocycles. The highest BCUT2D eigenvalue weighted by Gasteiger charge is 2.37. The number of carbonyl (C=O) groups excluding carboxylic acids is 2. The van der Waals surface area contributed by atoms with E-state index in [0.717, 1.165) is 0 Å². The maximum absolute atomic E-state index is 12.5. The number of carbonyl (C=O) groups is 2. The van der Waals surface area contributed by atoms with Crippen LogP contribution in [0.15, 0.2) is 54.9 Å². The molecule has 0 aliphatic carbocycles. The number of ether oxygens (including phenoxy) is 1. The summed E-state index contributed by atoms with van der Waals surface area (Å²) in [5.74, 6) is -2.24. The standard InChI is InChI=1S/C17H14F3N3O3/c1-26-13-4-2-3-12(9-13)16(25)23-22-14(10-15(24)17(18,19)20)11-5-7-21-8-6-11/h2-10,22H,1H3,(H,23,25)/b14-10+. The Balaban J connectivity index is 2.20. The maximum atomic E-state index is 12.5. The summed E-state index contributed by atoms with van der Waals surface area (Å²) in [5.41, 5.74) is 4.82. The third-order valence-corrected chi connectivity index (χ3v) is 3.19. The van der Waals surface area contributed by atoms with Gasteiger partial charge in [0.1, 0.15) is 5.75 Å². The van der Waals surface area contributed by atoms with Crippen molar-refractivity contribution >= 4 is 17.4 Å².